The van der Waals surface area contributed by atoms with Crippen LogP contribution in [0.1, 0.15) is 73.7 Å². The molecule has 2 atom stereocenters. The van der Waals surface area contributed by atoms with Gasteiger partial charge in [-0.2, -0.15) is 22.5 Å². The molecule has 2 unspecified atom stereocenters. The Kier molecular flexibility index (Phi) is 9.90. The number of esters is 2. The highest BCUT2D eigenvalue weighted by Crippen LogP contribution is 2.39. The van der Waals surface area contributed by atoms with Crippen molar-refractivity contribution in [1.82, 2.24) is 19.9 Å². The normalized spacial score (nSPS) is 19.6. The van der Waals surface area contributed by atoms with Gasteiger partial charge in [0.1, 0.15) is 11.5 Å². The summed E-state index contributed by atoms with van der Waals surface area (Å²) in [6, 6.07) is 5.74. The van der Waals surface area contributed by atoms with Crippen LogP contribution in [0.15, 0.2) is 29.8 Å². The molecule has 0 spiro atoms. The van der Waals surface area contributed by atoms with Gasteiger partial charge in [-0.15, -0.1) is 5.10 Å². The van der Waals surface area contributed by atoms with Gasteiger partial charge in [-0.05, 0) is 57.2 Å². The number of hydrogen-bond donors (Lipinski definition) is 1. The second-order valence-corrected chi connectivity index (χ2v) is 10.4. The molecule has 9 nitrogen and oxygen atoms in total. The zero-order valence-electron chi connectivity index (χ0n) is 22.3. The van der Waals surface area contributed by atoms with Crippen LogP contribution in [-0.2, 0) is 25.6 Å². The van der Waals surface area contributed by atoms with E-state index in [-0.39, 0.29) is 41.6 Å². The molecule has 1 aromatic heterocycles. The van der Waals surface area contributed by atoms with E-state index < -0.39 is 17.8 Å². The molecule has 1 saturated heterocycles. The van der Waals surface area contributed by atoms with Gasteiger partial charge >= 0.3 is 11.9 Å². The number of nitrogens with zero attached hydrogens (tertiary/aromatic N) is 4. The lowest BCUT2D eigenvalue weighted by Crippen LogP contribution is -2.42. The molecule has 2 fully saturated rings. The summed E-state index contributed by atoms with van der Waals surface area (Å²) < 4.78 is 25.0. The predicted octanol–water partition coefficient (Wildman–Crippen LogP) is 4.05. The van der Waals surface area contributed by atoms with Gasteiger partial charge in [-0.3, -0.25) is 14.5 Å². The number of likely N-dealkylation sites (tertiary alicyclic amines) is 1. The lowest BCUT2D eigenvalue weighted by atomic mass is 9.93. The summed E-state index contributed by atoms with van der Waals surface area (Å²) in [6.07, 6.45) is 4.73. The average molecular weight is 559 g/mol. The molecule has 0 amide bonds. The molecule has 210 valence electrons. The van der Waals surface area contributed by atoms with Crippen molar-refractivity contribution >= 4 is 36.4 Å². The zero-order chi connectivity index (χ0) is 27.9. The van der Waals surface area contributed by atoms with Crippen LogP contribution in [0.4, 0.5) is 4.39 Å². The second kappa shape index (κ2) is 13.3. The van der Waals surface area contributed by atoms with Crippen LogP contribution in [0.2, 0.25) is 0 Å². The highest BCUT2D eigenvalue weighted by molar-refractivity contribution is 7.81. The van der Waals surface area contributed by atoms with Crippen LogP contribution in [0.5, 0.6) is 0 Å². The number of benzene rings is 1. The van der Waals surface area contributed by atoms with Crippen LogP contribution in [-0.4, -0.2) is 69.2 Å². The summed E-state index contributed by atoms with van der Waals surface area (Å²) in [5, 5.41) is 8.69. The number of carbonyl (C=O) groups is 3. The molecular formula is C28H35FN4O5S. The van der Waals surface area contributed by atoms with E-state index in [1.807, 2.05) is 4.90 Å². The average Bonchev–Trinajstić information content (AvgIpc) is 3.68. The van der Waals surface area contributed by atoms with Crippen molar-refractivity contribution in [3.8, 4) is 0 Å². The van der Waals surface area contributed by atoms with E-state index in [0.29, 0.717) is 50.3 Å². The molecule has 1 aromatic carbocycles. The van der Waals surface area contributed by atoms with E-state index in [4.69, 9.17) is 22.1 Å². The first-order valence-electron chi connectivity index (χ1n) is 13.5. The van der Waals surface area contributed by atoms with Crippen molar-refractivity contribution in [2.24, 2.45) is 5.92 Å². The Balaban J connectivity index is 1.60. The fourth-order valence-corrected chi connectivity index (χ4v) is 5.02. The van der Waals surface area contributed by atoms with Crippen LogP contribution in [0.25, 0.3) is 6.08 Å². The maximum atomic E-state index is 14.9. The van der Waals surface area contributed by atoms with Crippen molar-refractivity contribution in [1.29, 1.82) is 0 Å². The molecule has 4 rings (SSSR count). The largest absolute Gasteiger partial charge is 0.466 e. The summed E-state index contributed by atoms with van der Waals surface area (Å²) >= 11 is 4.76. The Labute approximate surface area is 233 Å². The van der Waals surface area contributed by atoms with Gasteiger partial charge in [0.05, 0.1) is 25.8 Å². The van der Waals surface area contributed by atoms with E-state index in [2.05, 4.69) is 10.2 Å². The maximum absolute atomic E-state index is 14.9. The fraction of sp³-hybridized carbons (Fsp3) is 0.536. The minimum Gasteiger partial charge on any atom is -0.466 e. The number of ether oxygens (including phenoxy) is 2. The molecule has 2 aliphatic rings. The monoisotopic (exact) mass is 558 g/mol. The zero-order valence-corrected chi connectivity index (χ0v) is 23.2. The molecule has 11 heteroatoms. The van der Waals surface area contributed by atoms with Crippen LogP contribution in [0, 0.1) is 11.7 Å². The predicted molar refractivity (Wildman–Crippen MR) is 146 cm³/mol. The number of halogens is 1. The number of rotatable bonds is 12. The number of hydrogen-bond acceptors (Lipinski definition) is 9. The maximum Gasteiger partial charge on any atom is 0.361 e. The third kappa shape index (κ3) is 7.33. The molecule has 1 aliphatic carbocycles. The Morgan fingerprint density at radius 1 is 1.13 bits per heavy atom. The Hall–Kier alpha value is -3.05. The number of ketones is 1. The molecule has 39 heavy (non-hydrogen) atoms. The van der Waals surface area contributed by atoms with Crippen molar-refractivity contribution in [2.45, 2.75) is 63.8 Å². The van der Waals surface area contributed by atoms with Gasteiger partial charge < -0.3 is 9.47 Å². The second-order valence-electron chi connectivity index (χ2n) is 9.75. The number of piperidine rings is 1. The number of aryl methyl sites for hydroxylation is 1. The van der Waals surface area contributed by atoms with Crippen LogP contribution in [0.3, 0.4) is 0 Å². The molecule has 1 saturated carbocycles. The van der Waals surface area contributed by atoms with Crippen LogP contribution < -0.4 is 0 Å². The van der Waals surface area contributed by atoms with E-state index in [1.54, 1.807) is 38.1 Å². The first-order chi connectivity index (χ1) is 18.8. The molecule has 0 radical (unpaired) electrons. The van der Waals surface area contributed by atoms with E-state index in [1.165, 1.54) is 10.9 Å². The summed E-state index contributed by atoms with van der Waals surface area (Å²) in [5.41, 5.74) is 1.62. The third-order valence-electron chi connectivity index (χ3n) is 6.83. The highest BCUT2D eigenvalue weighted by Gasteiger charge is 2.41. The fourth-order valence-electron chi connectivity index (χ4n) is 4.75. The van der Waals surface area contributed by atoms with Gasteiger partial charge in [-0.25, -0.2) is 9.18 Å². The number of aromatic nitrogens is 3. The smallest absolute Gasteiger partial charge is 0.361 e. The van der Waals surface area contributed by atoms with Crippen LogP contribution >= 0.6 is 12.6 Å². The van der Waals surface area contributed by atoms with Gasteiger partial charge in [0.25, 0.3) is 0 Å². The molecule has 1 aliphatic heterocycles. The number of thiol groups is 1. The molecule has 0 bridgehead atoms. The Morgan fingerprint density at radius 3 is 2.56 bits per heavy atom. The molecular weight excluding hydrogens is 523 g/mol. The van der Waals surface area contributed by atoms with Crippen molar-refractivity contribution in [3.63, 3.8) is 0 Å². The molecule has 2 aromatic rings. The molecule has 2 heterocycles. The minimum absolute atomic E-state index is 0.0387. The molecule has 0 N–H and O–H groups in total. The third-order valence-corrected chi connectivity index (χ3v) is 7.42. The summed E-state index contributed by atoms with van der Waals surface area (Å²) in [6.45, 7) is 5.22. The minimum atomic E-state index is -0.689. The number of Topliss-reactive ketones (excluding diaryl/α,β-unsaturated/α-hetero) is 1. The Bertz CT molecular complexity index is 1230. The Morgan fingerprint density at radius 2 is 1.87 bits per heavy atom. The SMILES string of the molecule is CCOC(=O)CCCn1nc(C=C2CN(C(C(=O)C3CC3)c3ccccc3F)CCC2S)c(C(=O)OCC)n1. The summed E-state index contributed by atoms with van der Waals surface area (Å²) in [5.74, 6) is -1.30. The van der Waals surface area contributed by atoms with Gasteiger partial charge in [0.2, 0.25) is 0 Å². The lowest BCUT2D eigenvalue weighted by Gasteiger charge is -2.37. The lowest BCUT2D eigenvalue weighted by molar-refractivity contribution is -0.143. The number of carbonyl (C=O) groups excluding carboxylic acids is 3. The first kappa shape index (κ1) is 28.9. The van der Waals surface area contributed by atoms with E-state index in [9.17, 15) is 18.8 Å². The standard InChI is InChI=1S/C28H35FN4O5S/c1-3-37-24(34)10-7-14-33-30-22(25(31-33)28(36)38-4-2)16-19-17-32(15-13-23(19)39)26(27(35)18-11-12-18)20-8-5-6-9-21(20)29/h5-6,8-9,16,18,23,26,39H,3-4,7,10-15,17H2,1-2H3. The highest BCUT2D eigenvalue weighted by atomic mass is 32.1. The van der Waals surface area contributed by atoms with Gasteiger partial charge in [-0.1, -0.05) is 18.2 Å². The topological polar surface area (TPSA) is 104 Å². The first-order valence-corrected chi connectivity index (χ1v) is 14.0. The van der Waals surface area contributed by atoms with E-state index >= 15 is 0 Å². The van der Waals surface area contributed by atoms with Crippen molar-refractivity contribution in [2.75, 3.05) is 26.3 Å². The quantitative estimate of drug-likeness (QED) is 0.308. The van der Waals surface area contributed by atoms with Crippen molar-refractivity contribution < 1.29 is 28.2 Å². The summed E-state index contributed by atoms with van der Waals surface area (Å²) in [7, 11) is 0. The van der Waals surface area contributed by atoms with Crippen molar-refractivity contribution in [3.05, 3.63) is 52.6 Å². The summed E-state index contributed by atoms with van der Waals surface area (Å²) in [4.78, 5) is 41.1. The van der Waals surface area contributed by atoms with Gasteiger partial charge in [0, 0.05) is 36.2 Å². The van der Waals surface area contributed by atoms with Gasteiger partial charge in [0.15, 0.2) is 11.5 Å². The van der Waals surface area contributed by atoms with E-state index in [0.717, 1.165) is 18.4 Å².